The number of benzene rings is 1. The van der Waals surface area contributed by atoms with Crippen molar-refractivity contribution in [3.63, 3.8) is 0 Å². The normalized spacial score (nSPS) is 17.6. The van der Waals surface area contributed by atoms with Crippen molar-refractivity contribution in [2.45, 2.75) is 38.5 Å². The summed E-state index contributed by atoms with van der Waals surface area (Å²) >= 11 is 0. The average molecular weight is 486 g/mol. The molecule has 10 heteroatoms. The van der Waals surface area contributed by atoms with Crippen molar-refractivity contribution >= 4 is 39.6 Å². The molecule has 184 valence electrons. The molecule has 2 N–H and O–H groups in total. The maximum atomic E-state index is 13.5. The number of aliphatic hydroxyl groups excluding tert-OH is 1. The summed E-state index contributed by atoms with van der Waals surface area (Å²) in [4.78, 5) is 40.6. The Morgan fingerprint density at radius 2 is 1.97 bits per heavy atom. The van der Waals surface area contributed by atoms with Crippen LogP contribution in [-0.4, -0.2) is 79.3 Å². The number of hydrogen-bond acceptors (Lipinski definition) is 6. The van der Waals surface area contributed by atoms with E-state index in [2.05, 4.69) is 15.2 Å². The molecule has 2 aliphatic heterocycles. The van der Waals surface area contributed by atoms with Gasteiger partial charge in [0.2, 0.25) is 0 Å². The molecule has 0 bridgehead atoms. The number of pyridine rings is 2. The van der Waals surface area contributed by atoms with Crippen LogP contribution < -0.4 is 4.90 Å². The third kappa shape index (κ3) is 3.65. The smallest absolute Gasteiger partial charge is 0.324 e. The SMILES string of the molecule is C[C@@H](O)C(=O)N1CCC(N2C(=O)N(C)Cc3cnc4ccc(-c5ccc6[nH]ncc6c5)nc4c32)CC1. The molecule has 6 rings (SSSR count). The molecule has 0 radical (unpaired) electrons. The van der Waals surface area contributed by atoms with Crippen molar-refractivity contribution in [1.82, 2.24) is 30.0 Å². The Bertz CT molecular complexity index is 1490. The van der Waals surface area contributed by atoms with Gasteiger partial charge in [-0.15, -0.1) is 0 Å². The number of nitrogens with zero attached hydrogens (tertiary/aromatic N) is 6. The molecule has 1 aromatic carbocycles. The van der Waals surface area contributed by atoms with E-state index in [1.165, 1.54) is 6.92 Å². The summed E-state index contributed by atoms with van der Waals surface area (Å²) in [5, 5.41) is 17.8. The maximum absolute atomic E-state index is 13.5. The van der Waals surface area contributed by atoms with E-state index in [0.717, 1.165) is 38.9 Å². The molecule has 3 amide bonds. The lowest BCUT2D eigenvalue weighted by Gasteiger charge is -2.43. The standard InChI is InChI=1S/C26H27N7O3/c1-15(34)25(35)32-9-7-19(8-10-32)33-24-18(14-31(2)26(33)36)12-27-22-6-5-20(29-23(22)24)16-3-4-21-17(11-16)13-28-30-21/h3-6,11-13,15,19,34H,7-10,14H2,1-2H3,(H,28,30)/t15-/m1/s1. The zero-order valence-corrected chi connectivity index (χ0v) is 20.2. The summed E-state index contributed by atoms with van der Waals surface area (Å²) in [7, 11) is 1.79. The fourth-order valence-corrected chi connectivity index (χ4v) is 5.29. The number of aromatic nitrogens is 4. The number of likely N-dealkylation sites (tertiary alicyclic amines) is 1. The lowest BCUT2D eigenvalue weighted by molar-refractivity contribution is -0.140. The number of aliphatic hydroxyl groups is 1. The van der Waals surface area contributed by atoms with Crippen molar-refractivity contribution in [1.29, 1.82) is 0 Å². The summed E-state index contributed by atoms with van der Waals surface area (Å²) in [6.07, 6.45) is 3.84. The van der Waals surface area contributed by atoms with Crippen molar-refractivity contribution in [3.8, 4) is 11.3 Å². The number of rotatable bonds is 3. The van der Waals surface area contributed by atoms with Gasteiger partial charge in [-0.3, -0.25) is 19.8 Å². The predicted molar refractivity (Wildman–Crippen MR) is 135 cm³/mol. The molecule has 1 atom stereocenters. The molecule has 1 fully saturated rings. The van der Waals surface area contributed by atoms with Crippen molar-refractivity contribution < 1.29 is 14.7 Å². The minimum Gasteiger partial charge on any atom is -0.384 e. The largest absolute Gasteiger partial charge is 0.384 e. The van der Waals surface area contributed by atoms with Crippen LogP contribution in [0.3, 0.4) is 0 Å². The van der Waals surface area contributed by atoms with E-state index in [1.807, 2.05) is 41.4 Å². The number of hydrogen-bond donors (Lipinski definition) is 2. The second-order valence-corrected chi connectivity index (χ2v) is 9.61. The van der Waals surface area contributed by atoms with E-state index < -0.39 is 6.10 Å². The van der Waals surface area contributed by atoms with Gasteiger partial charge in [0.05, 0.1) is 35.2 Å². The van der Waals surface area contributed by atoms with Crippen LogP contribution in [0.5, 0.6) is 0 Å². The summed E-state index contributed by atoms with van der Waals surface area (Å²) in [6, 6.07) is 9.75. The summed E-state index contributed by atoms with van der Waals surface area (Å²) in [6.45, 7) is 2.92. The van der Waals surface area contributed by atoms with E-state index in [4.69, 9.17) is 4.98 Å². The summed E-state index contributed by atoms with van der Waals surface area (Å²) < 4.78 is 0. The fourth-order valence-electron chi connectivity index (χ4n) is 5.29. The fraction of sp³-hybridized carbons (Fsp3) is 0.346. The van der Waals surface area contributed by atoms with Gasteiger partial charge in [-0.2, -0.15) is 5.10 Å². The highest BCUT2D eigenvalue weighted by molar-refractivity contribution is 6.04. The average Bonchev–Trinajstić information content (AvgIpc) is 3.37. The van der Waals surface area contributed by atoms with Gasteiger partial charge in [-0.1, -0.05) is 6.07 Å². The molecule has 3 aromatic heterocycles. The van der Waals surface area contributed by atoms with Gasteiger partial charge in [-0.05, 0) is 44.0 Å². The van der Waals surface area contributed by atoms with Crippen molar-refractivity contribution in [3.05, 3.63) is 48.3 Å². The third-order valence-electron chi connectivity index (χ3n) is 7.18. The van der Waals surface area contributed by atoms with Crippen LogP contribution in [0.4, 0.5) is 10.5 Å². The van der Waals surface area contributed by atoms with Crippen LogP contribution in [0.25, 0.3) is 33.2 Å². The van der Waals surface area contributed by atoms with Crippen molar-refractivity contribution in [2.24, 2.45) is 0 Å². The highest BCUT2D eigenvalue weighted by atomic mass is 16.3. The van der Waals surface area contributed by atoms with Crippen LogP contribution in [0.2, 0.25) is 0 Å². The first-order chi connectivity index (χ1) is 17.4. The number of urea groups is 1. The Kier molecular flexibility index (Phi) is 5.33. The van der Waals surface area contributed by atoms with E-state index in [0.29, 0.717) is 38.0 Å². The predicted octanol–water partition coefficient (Wildman–Crippen LogP) is 2.92. The van der Waals surface area contributed by atoms with Crippen LogP contribution in [0, 0.1) is 0 Å². The Hall–Kier alpha value is -4.05. The van der Waals surface area contributed by atoms with Gasteiger partial charge in [0.15, 0.2) is 0 Å². The number of nitrogens with one attached hydrogen (secondary N) is 1. The molecular formula is C26H27N7O3. The van der Waals surface area contributed by atoms with Gasteiger partial charge in [-0.25, -0.2) is 9.78 Å². The van der Waals surface area contributed by atoms with E-state index in [9.17, 15) is 14.7 Å². The zero-order valence-electron chi connectivity index (χ0n) is 20.2. The number of amides is 3. The highest BCUT2D eigenvalue weighted by Gasteiger charge is 2.38. The minimum atomic E-state index is -1.02. The van der Waals surface area contributed by atoms with Crippen LogP contribution >= 0.6 is 0 Å². The number of H-pyrrole nitrogens is 1. The van der Waals surface area contributed by atoms with Crippen molar-refractivity contribution in [2.75, 3.05) is 25.0 Å². The molecule has 36 heavy (non-hydrogen) atoms. The Morgan fingerprint density at radius 3 is 2.75 bits per heavy atom. The highest BCUT2D eigenvalue weighted by Crippen LogP contribution is 2.38. The molecule has 4 aromatic rings. The van der Waals surface area contributed by atoms with Crippen LogP contribution in [-0.2, 0) is 11.3 Å². The summed E-state index contributed by atoms with van der Waals surface area (Å²) in [5.41, 5.74) is 5.88. The molecule has 10 nitrogen and oxygen atoms in total. The van der Waals surface area contributed by atoms with Crippen LogP contribution in [0.1, 0.15) is 25.3 Å². The number of piperidine rings is 1. The number of aromatic amines is 1. The second kappa shape index (κ2) is 8.56. The van der Waals surface area contributed by atoms with Gasteiger partial charge in [0.25, 0.3) is 5.91 Å². The Morgan fingerprint density at radius 1 is 1.17 bits per heavy atom. The third-order valence-corrected chi connectivity index (χ3v) is 7.18. The van der Waals surface area contributed by atoms with E-state index >= 15 is 0 Å². The minimum absolute atomic E-state index is 0.0812. The topological polar surface area (TPSA) is 119 Å². The molecule has 1 saturated heterocycles. The quantitative estimate of drug-likeness (QED) is 0.461. The second-order valence-electron chi connectivity index (χ2n) is 9.61. The molecule has 5 heterocycles. The number of anilines is 1. The first kappa shape index (κ1) is 22.4. The lowest BCUT2D eigenvalue weighted by atomic mass is 9.99. The first-order valence-electron chi connectivity index (χ1n) is 12.1. The molecular weight excluding hydrogens is 458 g/mol. The van der Waals surface area contributed by atoms with E-state index in [1.54, 1.807) is 23.0 Å². The molecule has 0 spiro atoms. The van der Waals surface area contributed by atoms with Gasteiger partial charge >= 0.3 is 6.03 Å². The molecule has 0 saturated carbocycles. The molecule has 0 aliphatic carbocycles. The van der Waals surface area contributed by atoms with Crippen LogP contribution in [0.15, 0.2) is 42.7 Å². The first-order valence-corrected chi connectivity index (χ1v) is 12.1. The summed E-state index contributed by atoms with van der Waals surface area (Å²) in [5.74, 6) is -0.272. The Labute approximate surface area is 207 Å². The molecule has 2 aliphatic rings. The van der Waals surface area contributed by atoms with Gasteiger partial charge in [0, 0.05) is 48.9 Å². The maximum Gasteiger partial charge on any atom is 0.324 e. The number of fused-ring (bicyclic) bond motifs is 4. The van der Waals surface area contributed by atoms with Gasteiger partial charge < -0.3 is 14.9 Å². The van der Waals surface area contributed by atoms with E-state index in [-0.39, 0.29) is 18.0 Å². The zero-order chi connectivity index (χ0) is 25.0. The lowest BCUT2D eigenvalue weighted by Crippen LogP contribution is -2.55. The number of carbonyl (C=O) groups excluding carboxylic acids is 2. The monoisotopic (exact) mass is 485 g/mol. The Balaban J connectivity index is 1.42. The van der Waals surface area contributed by atoms with Gasteiger partial charge in [0.1, 0.15) is 11.6 Å². The molecule has 0 unspecified atom stereocenters. The number of carbonyl (C=O) groups is 2.